The van der Waals surface area contributed by atoms with E-state index in [-0.39, 0.29) is 12.3 Å². The van der Waals surface area contributed by atoms with Crippen molar-refractivity contribution < 1.29 is 15.1 Å². The number of nitrogens with zero attached hydrogens (tertiary/aromatic N) is 2. The lowest BCUT2D eigenvalue weighted by Gasteiger charge is -2.19. The number of rotatable bonds is 8. The molecule has 0 aliphatic carbocycles. The summed E-state index contributed by atoms with van der Waals surface area (Å²) in [5, 5.41) is 29.4. The van der Waals surface area contributed by atoms with E-state index in [1.54, 1.807) is 19.1 Å². The Bertz CT molecular complexity index is 449. The second kappa shape index (κ2) is 7.81. The summed E-state index contributed by atoms with van der Waals surface area (Å²) in [6.45, 7) is 2.44. The van der Waals surface area contributed by atoms with Gasteiger partial charge in [-0.2, -0.15) is 0 Å². The van der Waals surface area contributed by atoms with Crippen molar-refractivity contribution in [3.8, 4) is 0 Å². The van der Waals surface area contributed by atoms with Gasteiger partial charge in [-0.1, -0.05) is 6.07 Å². The Morgan fingerprint density at radius 1 is 1.35 bits per heavy atom. The van der Waals surface area contributed by atoms with Crippen molar-refractivity contribution in [3.05, 3.63) is 33.9 Å². The lowest BCUT2D eigenvalue weighted by atomic mass is 10.1. The molecule has 0 aliphatic heterocycles. The molecule has 0 amide bonds. The van der Waals surface area contributed by atoms with Crippen molar-refractivity contribution in [2.75, 3.05) is 25.1 Å². The van der Waals surface area contributed by atoms with Gasteiger partial charge in [0.05, 0.1) is 11.0 Å². The van der Waals surface area contributed by atoms with Crippen LogP contribution in [0.25, 0.3) is 0 Å². The number of unbranched alkanes of at least 4 members (excludes halogenated alkanes) is 2. The number of aliphatic hydroxyl groups is 2. The van der Waals surface area contributed by atoms with Gasteiger partial charge in [-0.15, -0.1) is 0 Å². The van der Waals surface area contributed by atoms with Crippen LogP contribution in [0.1, 0.15) is 37.9 Å². The van der Waals surface area contributed by atoms with Gasteiger partial charge < -0.3 is 15.1 Å². The molecule has 0 saturated carbocycles. The molecule has 6 nitrogen and oxygen atoms in total. The minimum absolute atomic E-state index is 0.00746. The minimum Gasteiger partial charge on any atom is -0.396 e. The van der Waals surface area contributed by atoms with Crippen LogP contribution in [0.3, 0.4) is 0 Å². The summed E-state index contributed by atoms with van der Waals surface area (Å²) in [5.74, 6) is 0. The first-order chi connectivity index (χ1) is 9.47. The molecule has 20 heavy (non-hydrogen) atoms. The molecule has 1 atom stereocenters. The van der Waals surface area contributed by atoms with Gasteiger partial charge in [0.15, 0.2) is 0 Å². The number of nitro groups is 1. The summed E-state index contributed by atoms with van der Waals surface area (Å²) >= 11 is 0. The van der Waals surface area contributed by atoms with Gasteiger partial charge in [-0.25, -0.2) is 0 Å². The molecule has 2 N–H and O–H groups in total. The first kappa shape index (κ1) is 16.4. The third-order valence-corrected chi connectivity index (χ3v) is 3.24. The Balaban J connectivity index is 2.84. The monoisotopic (exact) mass is 282 g/mol. The molecule has 1 rings (SSSR count). The Kier molecular flexibility index (Phi) is 6.41. The second-order valence-electron chi connectivity index (χ2n) is 4.89. The predicted octanol–water partition coefficient (Wildman–Crippen LogP) is 2.25. The fourth-order valence-corrected chi connectivity index (χ4v) is 2.03. The zero-order valence-corrected chi connectivity index (χ0v) is 12.0. The van der Waals surface area contributed by atoms with E-state index >= 15 is 0 Å². The van der Waals surface area contributed by atoms with Gasteiger partial charge in [0, 0.05) is 26.3 Å². The average Bonchev–Trinajstić information content (AvgIpc) is 2.42. The van der Waals surface area contributed by atoms with Crippen molar-refractivity contribution in [1.29, 1.82) is 0 Å². The molecular weight excluding hydrogens is 260 g/mol. The zero-order chi connectivity index (χ0) is 15.1. The number of aliphatic hydroxyl groups excluding tert-OH is 2. The first-order valence-corrected chi connectivity index (χ1v) is 6.75. The fraction of sp³-hybridized carbons (Fsp3) is 0.571. The number of anilines is 1. The molecule has 112 valence electrons. The Hall–Kier alpha value is -1.66. The summed E-state index contributed by atoms with van der Waals surface area (Å²) in [4.78, 5) is 12.6. The van der Waals surface area contributed by atoms with Crippen molar-refractivity contribution >= 4 is 11.4 Å². The molecule has 1 aromatic rings. The number of nitro benzene ring substituents is 1. The summed E-state index contributed by atoms with van der Waals surface area (Å²) in [6.07, 6.45) is 1.78. The molecule has 0 fully saturated rings. The first-order valence-electron chi connectivity index (χ1n) is 6.75. The van der Waals surface area contributed by atoms with E-state index in [1.807, 2.05) is 11.9 Å². The maximum absolute atomic E-state index is 11.1. The lowest BCUT2D eigenvalue weighted by molar-refractivity contribution is -0.384. The van der Waals surface area contributed by atoms with Gasteiger partial charge >= 0.3 is 0 Å². The van der Waals surface area contributed by atoms with Crippen molar-refractivity contribution in [2.24, 2.45) is 0 Å². The SMILES string of the molecule is CC(O)c1ccc(N(C)CCCCCO)c([N+](=O)[O-])c1. The van der Waals surface area contributed by atoms with Crippen LogP contribution in [0.2, 0.25) is 0 Å². The van der Waals surface area contributed by atoms with Crippen molar-refractivity contribution in [1.82, 2.24) is 0 Å². The van der Waals surface area contributed by atoms with Gasteiger partial charge in [0.1, 0.15) is 5.69 Å². The van der Waals surface area contributed by atoms with Crippen LogP contribution in [0.4, 0.5) is 11.4 Å². The second-order valence-corrected chi connectivity index (χ2v) is 4.89. The quantitative estimate of drug-likeness (QED) is 0.434. The highest BCUT2D eigenvalue weighted by atomic mass is 16.6. The summed E-state index contributed by atoms with van der Waals surface area (Å²) in [5.41, 5.74) is 1.09. The van der Waals surface area contributed by atoms with Crippen LogP contribution < -0.4 is 4.90 Å². The Morgan fingerprint density at radius 2 is 2.05 bits per heavy atom. The Labute approximate surface area is 118 Å². The number of hydrogen-bond acceptors (Lipinski definition) is 5. The smallest absolute Gasteiger partial charge is 0.292 e. The zero-order valence-electron chi connectivity index (χ0n) is 12.0. The third kappa shape index (κ3) is 4.47. The van der Waals surface area contributed by atoms with E-state index in [2.05, 4.69) is 0 Å². The van der Waals surface area contributed by atoms with Gasteiger partial charge in [0.25, 0.3) is 5.69 Å². The molecule has 0 heterocycles. The maximum Gasteiger partial charge on any atom is 0.292 e. The van der Waals surface area contributed by atoms with Gasteiger partial charge in [0.2, 0.25) is 0 Å². The van der Waals surface area contributed by atoms with E-state index in [4.69, 9.17) is 5.11 Å². The maximum atomic E-state index is 11.1. The van der Waals surface area contributed by atoms with Gasteiger partial charge in [-0.3, -0.25) is 10.1 Å². The van der Waals surface area contributed by atoms with E-state index in [9.17, 15) is 15.2 Å². The van der Waals surface area contributed by atoms with Crippen LogP contribution in [0, 0.1) is 10.1 Å². The minimum atomic E-state index is -0.724. The summed E-state index contributed by atoms with van der Waals surface area (Å²) < 4.78 is 0. The normalized spacial score (nSPS) is 12.2. The molecule has 0 aliphatic rings. The van der Waals surface area contributed by atoms with Crippen LogP contribution in [0.15, 0.2) is 18.2 Å². The summed E-state index contributed by atoms with van der Waals surface area (Å²) in [6, 6.07) is 4.80. The average molecular weight is 282 g/mol. The molecular formula is C14H22N2O4. The fourth-order valence-electron chi connectivity index (χ4n) is 2.03. The molecule has 0 bridgehead atoms. The Morgan fingerprint density at radius 3 is 2.60 bits per heavy atom. The molecule has 0 spiro atoms. The lowest BCUT2D eigenvalue weighted by Crippen LogP contribution is -2.20. The molecule has 0 aromatic heterocycles. The van der Waals surface area contributed by atoms with Crippen LogP contribution in [-0.4, -0.2) is 35.3 Å². The van der Waals surface area contributed by atoms with E-state index < -0.39 is 11.0 Å². The standard InChI is InChI=1S/C14H22N2O4/c1-11(18)12-6-7-13(14(10-12)16(19)20)15(2)8-4-3-5-9-17/h6-7,10-11,17-18H,3-5,8-9H2,1-2H3. The predicted molar refractivity (Wildman–Crippen MR) is 77.9 cm³/mol. The van der Waals surface area contributed by atoms with Crippen LogP contribution in [0.5, 0.6) is 0 Å². The van der Waals surface area contributed by atoms with E-state index in [0.717, 1.165) is 19.3 Å². The molecule has 1 unspecified atom stereocenters. The van der Waals surface area contributed by atoms with Crippen molar-refractivity contribution in [3.63, 3.8) is 0 Å². The number of hydrogen-bond donors (Lipinski definition) is 2. The molecule has 6 heteroatoms. The molecule has 0 radical (unpaired) electrons. The van der Waals surface area contributed by atoms with Crippen LogP contribution in [-0.2, 0) is 0 Å². The number of benzene rings is 1. The molecule has 1 aromatic carbocycles. The van der Waals surface area contributed by atoms with Crippen molar-refractivity contribution in [2.45, 2.75) is 32.3 Å². The summed E-state index contributed by atoms with van der Waals surface area (Å²) in [7, 11) is 1.81. The highest BCUT2D eigenvalue weighted by Crippen LogP contribution is 2.30. The molecule has 0 saturated heterocycles. The third-order valence-electron chi connectivity index (χ3n) is 3.24. The highest BCUT2D eigenvalue weighted by Gasteiger charge is 2.18. The van der Waals surface area contributed by atoms with E-state index in [0.29, 0.717) is 17.8 Å². The largest absolute Gasteiger partial charge is 0.396 e. The topological polar surface area (TPSA) is 86.8 Å². The van der Waals surface area contributed by atoms with E-state index in [1.165, 1.54) is 6.07 Å². The van der Waals surface area contributed by atoms with Gasteiger partial charge in [-0.05, 0) is 37.8 Å². The van der Waals surface area contributed by atoms with Crippen LogP contribution >= 0.6 is 0 Å². The highest BCUT2D eigenvalue weighted by molar-refractivity contribution is 5.64.